The molecule has 1 fully saturated rings. The van der Waals surface area contributed by atoms with E-state index in [1.165, 1.54) is 0 Å². The predicted octanol–water partition coefficient (Wildman–Crippen LogP) is 4.00. The first-order chi connectivity index (χ1) is 16.0. The minimum Gasteiger partial charge on any atom is -0.489 e. The smallest absolute Gasteiger partial charge is 0.271 e. The van der Waals surface area contributed by atoms with Gasteiger partial charge in [0.05, 0.1) is 12.1 Å². The molecule has 1 aliphatic rings. The van der Waals surface area contributed by atoms with E-state index in [0.29, 0.717) is 19.8 Å². The van der Waals surface area contributed by atoms with Crippen LogP contribution in [0.4, 0.5) is 0 Å². The number of ether oxygens (including phenoxy) is 3. The Morgan fingerprint density at radius 1 is 1.18 bits per heavy atom. The molecule has 1 amide bonds. The highest BCUT2D eigenvalue weighted by atomic mass is 16.5. The van der Waals surface area contributed by atoms with E-state index in [9.17, 15) is 4.79 Å². The molecule has 0 saturated carbocycles. The molecular formula is C26H41N3O4. The number of hydrogen-bond acceptors (Lipinski definition) is 5. The Kier molecular flexibility index (Phi) is 9.59. The zero-order chi connectivity index (χ0) is 23.8. The lowest BCUT2D eigenvalue weighted by Crippen LogP contribution is -2.52. The summed E-state index contributed by atoms with van der Waals surface area (Å²) in [6.07, 6.45) is 4.00. The first kappa shape index (κ1) is 25.5. The maximum Gasteiger partial charge on any atom is 0.271 e. The summed E-state index contributed by atoms with van der Waals surface area (Å²) in [7, 11) is 3.40. The van der Waals surface area contributed by atoms with Crippen molar-refractivity contribution in [3.8, 4) is 5.75 Å². The molecule has 1 aromatic carbocycles. The highest BCUT2D eigenvalue weighted by Gasteiger charge is 2.31. The molecule has 0 aliphatic carbocycles. The lowest BCUT2D eigenvalue weighted by atomic mass is 10.0. The Bertz CT molecular complexity index is 903. The van der Waals surface area contributed by atoms with Crippen LogP contribution in [0.3, 0.4) is 0 Å². The summed E-state index contributed by atoms with van der Waals surface area (Å²) in [5.74, 6) is 0.901. The van der Waals surface area contributed by atoms with Gasteiger partial charge in [0, 0.05) is 51.4 Å². The predicted molar refractivity (Wildman–Crippen MR) is 132 cm³/mol. The van der Waals surface area contributed by atoms with Crippen LogP contribution in [0, 0.1) is 6.92 Å². The number of methoxy groups -OCH3 is 2. The molecule has 1 aliphatic heterocycles. The SMILES string of the molecule is COCCCCn1c(C(=O)N(C(C)C)[C@@H]2CCCNC2)cc2c(C)ccc(OCCOC)c21. The number of unbranched alkanes of at least 4 members (excludes halogenated alkanes) is 1. The van der Waals surface area contributed by atoms with E-state index in [-0.39, 0.29) is 18.0 Å². The third-order valence-corrected chi connectivity index (χ3v) is 6.44. The molecule has 1 aromatic heterocycles. The maximum absolute atomic E-state index is 14.0. The summed E-state index contributed by atoms with van der Waals surface area (Å²) in [6, 6.07) is 6.49. The highest BCUT2D eigenvalue weighted by molar-refractivity contribution is 6.01. The average molecular weight is 460 g/mol. The second kappa shape index (κ2) is 12.4. The van der Waals surface area contributed by atoms with Gasteiger partial charge in [0.25, 0.3) is 5.91 Å². The monoisotopic (exact) mass is 459 g/mol. The molecule has 1 atom stereocenters. The molecule has 1 saturated heterocycles. The summed E-state index contributed by atoms with van der Waals surface area (Å²) in [5, 5.41) is 4.54. The number of benzene rings is 1. The molecule has 7 heteroatoms. The minimum atomic E-state index is 0.101. The van der Waals surface area contributed by atoms with Crippen LogP contribution in [-0.2, 0) is 16.0 Å². The van der Waals surface area contributed by atoms with Gasteiger partial charge in [-0.2, -0.15) is 0 Å². The van der Waals surface area contributed by atoms with Crippen LogP contribution in [0.2, 0.25) is 0 Å². The number of piperidine rings is 1. The van der Waals surface area contributed by atoms with Gasteiger partial charge in [0.1, 0.15) is 18.1 Å². The fraction of sp³-hybridized carbons (Fsp3) is 0.654. The second-order valence-electron chi connectivity index (χ2n) is 9.17. The summed E-state index contributed by atoms with van der Waals surface area (Å²) in [5.41, 5.74) is 2.88. The van der Waals surface area contributed by atoms with E-state index in [1.807, 2.05) is 6.07 Å². The maximum atomic E-state index is 14.0. The molecule has 0 spiro atoms. The van der Waals surface area contributed by atoms with Gasteiger partial charge in [-0.25, -0.2) is 0 Å². The van der Waals surface area contributed by atoms with Crippen LogP contribution in [0.15, 0.2) is 18.2 Å². The van der Waals surface area contributed by atoms with Crippen LogP contribution < -0.4 is 10.1 Å². The van der Waals surface area contributed by atoms with E-state index in [2.05, 4.69) is 47.7 Å². The molecular weight excluding hydrogens is 418 g/mol. The van der Waals surface area contributed by atoms with E-state index in [4.69, 9.17) is 14.2 Å². The van der Waals surface area contributed by atoms with Crippen molar-refractivity contribution in [3.63, 3.8) is 0 Å². The van der Waals surface area contributed by atoms with Gasteiger partial charge in [-0.15, -0.1) is 0 Å². The molecule has 2 heterocycles. The first-order valence-corrected chi connectivity index (χ1v) is 12.3. The number of fused-ring (bicyclic) bond motifs is 1. The van der Waals surface area contributed by atoms with Crippen molar-refractivity contribution in [2.75, 3.05) is 47.1 Å². The second-order valence-corrected chi connectivity index (χ2v) is 9.17. The number of hydrogen-bond donors (Lipinski definition) is 1. The Balaban J connectivity index is 2.05. The molecule has 184 valence electrons. The van der Waals surface area contributed by atoms with Crippen molar-refractivity contribution >= 4 is 16.8 Å². The van der Waals surface area contributed by atoms with E-state index < -0.39 is 0 Å². The quantitative estimate of drug-likeness (QED) is 0.486. The van der Waals surface area contributed by atoms with Crippen molar-refractivity contribution in [1.29, 1.82) is 0 Å². The number of nitrogens with zero attached hydrogens (tertiary/aromatic N) is 2. The molecule has 2 aromatic rings. The van der Waals surface area contributed by atoms with Gasteiger partial charge < -0.3 is 29.0 Å². The van der Waals surface area contributed by atoms with Gasteiger partial charge in [0.15, 0.2) is 0 Å². The molecule has 0 radical (unpaired) electrons. The largest absolute Gasteiger partial charge is 0.489 e. The summed E-state index contributed by atoms with van der Waals surface area (Å²) < 4.78 is 18.7. The van der Waals surface area contributed by atoms with Gasteiger partial charge in [-0.1, -0.05) is 6.07 Å². The number of carbonyl (C=O) groups is 1. The Morgan fingerprint density at radius 3 is 2.64 bits per heavy atom. The van der Waals surface area contributed by atoms with Crippen molar-refractivity contribution < 1.29 is 19.0 Å². The lowest BCUT2D eigenvalue weighted by molar-refractivity contribution is 0.0562. The zero-order valence-corrected chi connectivity index (χ0v) is 21.0. The van der Waals surface area contributed by atoms with Gasteiger partial charge >= 0.3 is 0 Å². The first-order valence-electron chi connectivity index (χ1n) is 12.3. The molecule has 33 heavy (non-hydrogen) atoms. The zero-order valence-electron chi connectivity index (χ0n) is 21.0. The van der Waals surface area contributed by atoms with Crippen LogP contribution in [0.5, 0.6) is 5.75 Å². The van der Waals surface area contributed by atoms with Gasteiger partial charge in [-0.3, -0.25) is 4.79 Å². The Labute approximate surface area is 198 Å². The van der Waals surface area contributed by atoms with Crippen LogP contribution >= 0.6 is 0 Å². The number of aromatic nitrogens is 1. The molecule has 1 N–H and O–H groups in total. The van der Waals surface area contributed by atoms with Gasteiger partial charge in [-0.05, 0) is 70.7 Å². The van der Waals surface area contributed by atoms with Crippen molar-refractivity contribution in [3.05, 3.63) is 29.5 Å². The van der Waals surface area contributed by atoms with Crippen LogP contribution in [0.25, 0.3) is 10.9 Å². The third-order valence-electron chi connectivity index (χ3n) is 6.44. The highest BCUT2D eigenvalue weighted by Crippen LogP contribution is 2.33. The van der Waals surface area contributed by atoms with E-state index in [1.54, 1.807) is 14.2 Å². The molecule has 0 bridgehead atoms. The standard InChI is InChI=1S/C26H41N3O4/c1-19(2)29(21-9-8-12-27-18-21)26(30)23-17-22-20(3)10-11-24(33-16-15-32-5)25(22)28(23)13-6-7-14-31-4/h10-11,17,19,21,27H,6-9,12-16,18H2,1-5H3/t21-/m1/s1. The van der Waals surface area contributed by atoms with Gasteiger partial charge in [0.2, 0.25) is 0 Å². The number of rotatable bonds is 12. The Hall–Kier alpha value is -2.09. The molecule has 3 rings (SSSR count). The topological polar surface area (TPSA) is 65.0 Å². The van der Waals surface area contributed by atoms with E-state index in [0.717, 1.165) is 73.2 Å². The number of amides is 1. The van der Waals surface area contributed by atoms with Crippen LogP contribution in [0.1, 0.15) is 55.6 Å². The van der Waals surface area contributed by atoms with Crippen LogP contribution in [-0.4, -0.2) is 74.6 Å². The summed E-state index contributed by atoms with van der Waals surface area (Å²) in [6.45, 7) is 10.6. The normalized spacial score (nSPS) is 16.5. The third kappa shape index (κ3) is 6.08. The number of nitrogens with one attached hydrogen (secondary N) is 1. The number of aryl methyl sites for hydroxylation is 2. The fourth-order valence-electron chi connectivity index (χ4n) is 4.79. The fourth-order valence-corrected chi connectivity index (χ4v) is 4.79. The summed E-state index contributed by atoms with van der Waals surface area (Å²) >= 11 is 0. The average Bonchev–Trinajstić information content (AvgIpc) is 3.19. The van der Waals surface area contributed by atoms with Crippen molar-refractivity contribution in [1.82, 2.24) is 14.8 Å². The van der Waals surface area contributed by atoms with Crippen molar-refractivity contribution in [2.24, 2.45) is 0 Å². The minimum absolute atomic E-state index is 0.101. The lowest BCUT2D eigenvalue weighted by Gasteiger charge is -2.37. The van der Waals surface area contributed by atoms with Crippen molar-refractivity contribution in [2.45, 2.75) is 65.1 Å². The van der Waals surface area contributed by atoms with E-state index >= 15 is 0 Å². The number of carbonyl (C=O) groups excluding carboxylic acids is 1. The summed E-state index contributed by atoms with van der Waals surface area (Å²) in [4.78, 5) is 16.1. The molecule has 0 unspecified atom stereocenters. The Morgan fingerprint density at radius 2 is 1.97 bits per heavy atom. The molecule has 7 nitrogen and oxygen atoms in total.